The first-order valence-corrected chi connectivity index (χ1v) is 3.58. The minimum absolute atomic E-state index is 0.0481. The van der Waals surface area contributed by atoms with Crippen molar-refractivity contribution >= 4 is 17.4 Å². The van der Waals surface area contributed by atoms with Crippen LogP contribution >= 0.6 is 11.6 Å². The molecule has 0 amide bonds. The quantitative estimate of drug-likeness (QED) is 0.433. The van der Waals surface area contributed by atoms with Crippen LogP contribution in [-0.2, 0) is 5.88 Å². The number of aromatic nitrogens is 1. The summed E-state index contributed by atoms with van der Waals surface area (Å²) < 4.78 is 0. The van der Waals surface area contributed by atoms with E-state index in [9.17, 15) is 10.1 Å². The van der Waals surface area contributed by atoms with Crippen molar-refractivity contribution in [2.45, 2.75) is 5.88 Å². The van der Waals surface area contributed by atoms with Gasteiger partial charge in [0.2, 0.25) is 5.69 Å². The van der Waals surface area contributed by atoms with Crippen molar-refractivity contribution in [2.75, 3.05) is 0 Å². The Kier molecular flexibility index (Phi) is 2.44. The van der Waals surface area contributed by atoms with E-state index in [1.54, 1.807) is 0 Å². The second-order valence-electron chi connectivity index (χ2n) is 2.03. The lowest BCUT2D eigenvalue weighted by Gasteiger charge is -1.95. The molecule has 0 unspecified atom stereocenters. The highest BCUT2D eigenvalue weighted by molar-refractivity contribution is 6.17. The molecule has 1 aromatic rings. The molecule has 0 aliphatic heterocycles. The molecule has 0 bridgehead atoms. The van der Waals surface area contributed by atoms with Gasteiger partial charge in [0.05, 0.1) is 5.88 Å². The van der Waals surface area contributed by atoms with E-state index in [0.29, 0.717) is 0 Å². The van der Waals surface area contributed by atoms with Gasteiger partial charge in [-0.1, -0.05) is 0 Å². The van der Waals surface area contributed by atoms with Gasteiger partial charge in [-0.3, -0.25) is 0 Å². The van der Waals surface area contributed by atoms with Crippen LogP contribution in [-0.4, -0.2) is 15.0 Å². The first-order chi connectivity index (χ1) is 5.65. The predicted molar refractivity (Wildman–Crippen MR) is 42.1 cm³/mol. The van der Waals surface area contributed by atoms with Crippen LogP contribution in [0.15, 0.2) is 12.1 Å². The Hall–Kier alpha value is -1.36. The Morgan fingerprint density at radius 1 is 1.67 bits per heavy atom. The SMILES string of the molecule is O=[N+]([O-])c1ccc(O)c(CCl)n1. The van der Waals surface area contributed by atoms with Gasteiger partial charge in [0.1, 0.15) is 0 Å². The van der Waals surface area contributed by atoms with E-state index in [2.05, 4.69) is 4.98 Å². The maximum atomic E-state index is 10.2. The number of hydrogen-bond acceptors (Lipinski definition) is 4. The smallest absolute Gasteiger partial charge is 0.364 e. The van der Waals surface area contributed by atoms with Gasteiger partial charge in [-0.25, -0.2) is 0 Å². The number of alkyl halides is 1. The summed E-state index contributed by atoms with van der Waals surface area (Å²) in [7, 11) is 0. The summed E-state index contributed by atoms with van der Waals surface area (Å²) in [5.41, 5.74) is 0.117. The maximum absolute atomic E-state index is 10.2. The second kappa shape index (κ2) is 3.36. The van der Waals surface area contributed by atoms with Crippen LogP contribution in [0.3, 0.4) is 0 Å². The van der Waals surface area contributed by atoms with E-state index in [-0.39, 0.29) is 23.1 Å². The average Bonchev–Trinajstić information content (AvgIpc) is 2.05. The highest BCUT2D eigenvalue weighted by Gasteiger charge is 2.13. The second-order valence-corrected chi connectivity index (χ2v) is 2.29. The van der Waals surface area contributed by atoms with Crippen molar-refractivity contribution in [3.63, 3.8) is 0 Å². The third-order valence-corrected chi connectivity index (χ3v) is 1.50. The lowest BCUT2D eigenvalue weighted by atomic mass is 10.3. The van der Waals surface area contributed by atoms with Gasteiger partial charge in [0.15, 0.2) is 5.75 Å². The standard InChI is InChI=1S/C6H5ClN2O3/c7-3-4-5(10)1-2-6(8-4)9(11)12/h1-2,10H,3H2. The first-order valence-electron chi connectivity index (χ1n) is 3.04. The molecule has 0 aliphatic carbocycles. The van der Waals surface area contributed by atoms with E-state index in [1.165, 1.54) is 6.07 Å². The Labute approximate surface area is 72.8 Å². The molecule has 0 radical (unpaired) electrons. The van der Waals surface area contributed by atoms with Crippen LogP contribution in [0.1, 0.15) is 5.69 Å². The number of rotatable bonds is 2. The summed E-state index contributed by atoms with van der Waals surface area (Å²) in [6.07, 6.45) is 0. The predicted octanol–water partition coefficient (Wildman–Crippen LogP) is 1.43. The zero-order valence-electron chi connectivity index (χ0n) is 5.90. The van der Waals surface area contributed by atoms with Gasteiger partial charge < -0.3 is 15.2 Å². The van der Waals surface area contributed by atoms with Crippen LogP contribution in [0.2, 0.25) is 0 Å². The molecular formula is C6H5ClN2O3. The summed E-state index contributed by atoms with van der Waals surface area (Å²) in [5.74, 6) is -0.493. The Morgan fingerprint density at radius 2 is 2.33 bits per heavy atom. The monoisotopic (exact) mass is 188 g/mol. The van der Waals surface area contributed by atoms with Crippen LogP contribution in [0.25, 0.3) is 0 Å². The summed E-state index contributed by atoms with van der Waals surface area (Å²) in [5, 5.41) is 19.2. The van der Waals surface area contributed by atoms with Crippen LogP contribution < -0.4 is 0 Å². The molecule has 1 aromatic heterocycles. The minimum Gasteiger partial charge on any atom is -0.504 e. The molecule has 1 heterocycles. The van der Waals surface area contributed by atoms with Crippen LogP contribution in [0.5, 0.6) is 5.75 Å². The molecule has 1 N–H and O–H groups in total. The van der Waals surface area contributed by atoms with Gasteiger partial charge in [0, 0.05) is 6.07 Å². The summed E-state index contributed by atoms with van der Waals surface area (Å²) >= 11 is 5.36. The average molecular weight is 189 g/mol. The Balaban J connectivity index is 3.13. The highest BCUT2D eigenvalue weighted by Crippen LogP contribution is 2.19. The zero-order valence-corrected chi connectivity index (χ0v) is 6.65. The fourth-order valence-corrected chi connectivity index (χ4v) is 0.879. The number of aromatic hydroxyl groups is 1. The van der Waals surface area contributed by atoms with Gasteiger partial charge in [-0.2, -0.15) is 0 Å². The van der Waals surface area contributed by atoms with Crippen molar-refractivity contribution in [2.24, 2.45) is 0 Å². The van der Waals surface area contributed by atoms with E-state index in [1.807, 2.05) is 0 Å². The minimum atomic E-state index is -0.643. The van der Waals surface area contributed by atoms with E-state index in [4.69, 9.17) is 16.7 Å². The van der Waals surface area contributed by atoms with Gasteiger partial charge in [0.25, 0.3) is 0 Å². The molecule has 0 fully saturated rings. The highest BCUT2D eigenvalue weighted by atomic mass is 35.5. The number of nitrogens with zero attached hydrogens (tertiary/aromatic N) is 2. The summed E-state index contributed by atoms with van der Waals surface area (Å²) in [4.78, 5) is 13.1. The molecule has 0 saturated carbocycles. The molecule has 0 aromatic carbocycles. The fraction of sp³-hybridized carbons (Fsp3) is 0.167. The van der Waals surface area contributed by atoms with Crippen molar-refractivity contribution in [1.82, 2.24) is 4.98 Å². The largest absolute Gasteiger partial charge is 0.504 e. The number of pyridine rings is 1. The molecule has 0 aliphatic rings. The summed E-state index contributed by atoms with van der Waals surface area (Å²) in [6.45, 7) is 0. The molecular weight excluding hydrogens is 184 g/mol. The molecule has 0 saturated heterocycles. The van der Waals surface area contributed by atoms with Crippen LogP contribution in [0.4, 0.5) is 5.82 Å². The topological polar surface area (TPSA) is 76.3 Å². The molecule has 1 rings (SSSR count). The van der Waals surface area contributed by atoms with Gasteiger partial charge in [-0.15, -0.1) is 11.6 Å². The molecule has 12 heavy (non-hydrogen) atoms. The lowest BCUT2D eigenvalue weighted by molar-refractivity contribution is -0.389. The van der Waals surface area contributed by atoms with Crippen molar-refractivity contribution < 1.29 is 10.0 Å². The van der Waals surface area contributed by atoms with E-state index >= 15 is 0 Å². The van der Waals surface area contributed by atoms with Crippen molar-refractivity contribution in [3.05, 3.63) is 27.9 Å². The van der Waals surface area contributed by atoms with Gasteiger partial charge >= 0.3 is 5.82 Å². The molecule has 6 heteroatoms. The normalized spacial score (nSPS) is 9.75. The van der Waals surface area contributed by atoms with Crippen molar-refractivity contribution in [1.29, 1.82) is 0 Å². The third-order valence-electron chi connectivity index (χ3n) is 1.25. The van der Waals surface area contributed by atoms with E-state index in [0.717, 1.165) is 6.07 Å². The third kappa shape index (κ3) is 1.62. The Morgan fingerprint density at radius 3 is 2.83 bits per heavy atom. The number of nitro groups is 1. The molecule has 0 spiro atoms. The maximum Gasteiger partial charge on any atom is 0.364 e. The fourth-order valence-electron chi connectivity index (χ4n) is 0.682. The van der Waals surface area contributed by atoms with E-state index < -0.39 is 4.92 Å². The van der Waals surface area contributed by atoms with Crippen molar-refractivity contribution in [3.8, 4) is 5.75 Å². The van der Waals surface area contributed by atoms with Crippen LogP contribution in [0, 0.1) is 10.1 Å². The molecule has 64 valence electrons. The number of hydrogen-bond donors (Lipinski definition) is 1. The zero-order chi connectivity index (χ0) is 9.14. The first kappa shape index (κ1) is 8.73. The Bertz CT molecular complexity index is 316. The molecule has 0 atom stereocenters. The lowest BCUT2D eigenvalue weighted by Crippen LogP contribution is -1.94. The van der Waals surface area contributed by atoms with Gasteiger partial charge in [-0.05, 0) is 16.0 Å². The molecule has 5 nitrogen and oxygen atoms in total. The summed E-state index contributed by atoms with van der Waals surface area (Å²) in [6, 6.07) is 2.31. The number of halogens is 1.